The zero-order chi connectivity index (χ0) is 16.9. The number of aromatic nitrogens is 2. The van der Waals surface area contributed by atoms with Crippen LogP contribution in [0.2, 0.25) is 0 Å². The maximum Gasteiger partial charge on any atom is 0.319 e. The van der Waals surface area contributed by atoms with Gasteiger partial charge in [-0.3, -0.25) is 0 Å². The molecule has 0 aliphatic heterocycles. The minimum Gasteiger partial charge on any atom is -0.379 e. The fourth-order valence-corrected chi connectivity index (χ4v) is 2.74. The van der Waals surface area contributed by atoms with Crippen LogP contribution in [0.4, 0.5) is 10.5 Å². The van der Waals surface area contributed by atoms with Gasteiger partial charge in [0, 0.05) is 29.8 Å². The highest BCUT2D eigenvalue weighted by atomic mass is 32.1. The summed E-state index contributed by atoms with van der Waals surface area (Å²) in [7, 11) is 1.67. The van der Waals surface area contributed by atoms with Gasteiger partial charge in [-0.15, -0.1) is 5.10 Å². The standard InChI is InChI=1S/C16H22N4O2S/c1-11(9-16(2,3)22-4)17-15(21)18-13-7-5-12(6-8-13)14-10-23-20-19-14/h5-8,10-11H,9H2,1-4H3,(H2,17,18,21)/t11-/m0/s1. The van der Waals surface area contributed by atoms with E-state index in [2.05, 4.69) is 20.2 Å². The molecule has 1 atom stereocenters. The molecule has 0 saturated carbocycles. The van der Waals surface area contributed by atoms with E-state index in [0.29, 0.717) is 0 Å². The lowest BCUT2D eigenvalue weighted by molar-refractivity contribution is 0.00963. The number of anilines is 1. The highest BCUT2D eigenvalue weighted by Crippen LogP contribution is 2.20. The van der Waals surface area contributed by atoms with E-state index in [9.17, 15) is 4.79 Å². The molecule has 0 aliphatic carbocycles. The van der Waals surface area contributed by atoms with Crippen molar-refractivity contribution in [3.05, 3.63) is 29.6 Å². The number of hydrogen-bond donors (Lipinski definition) is 2. The minimum absolute atomic E-state index is 0.00491. The molecule has 0 saturated heterocycles. The van der Waals surface area contributed by atoms with Crippen molar-refractivity contribution in [1.82, 2.24) is 14.9 Å². The molecule has 2 aromatic rings. The van der Waals surface area contributed by atoms with Gasteiger partial charge in [0.25, 0.3) is 0 Å². The summed E-state index contributed by atoms with van der Waals surface area (Å²) in [5.74, 6) is 0. The Kier molecular flexibility index (Phi) is 5.68. The van der Waals surface area contributed by atoms with Crippen LogP contribution in [0.3, 0.4) is 0 Å². The lowest BCUT2D eigenvalue weighted by Gasteiger charge is -2.27. The van der Waals surface area contributed by atoms with Gasteiger partial charge < -0.3 is 15.4 Å². The van der Waals surface area contributed by atoms with Crippen molar-refractivity contribution < 1.29 is 9.53 Å². The van der Waals surface area contributed by atoms with Gasteiger partial charge in [-0.1, -0.05) is 16.6 Å². The molecule has 1 aromatic carbocycles. The summed E-state index contributed by atoms with van der Waals surface area (Å²) >= 11 is 1.31. The van der Waals surface area contributed by atoms with Crippen molar-refractivity contribution in [2.45, 2.75) is 38.8 Å². The average molecular weight is 334 g/mol. The summed E-state index contributed by atoms with van der Waals surface area (Å²) in [5.41, 5.74) is 2.27. The molecule has 0 fully saturated rings. The number of nitrogens with zero attached hydrogens (tertiary/aromatic N) is 2. The predicted molar refractivity (Wildman–Crippen MR) is 92.7 cm³/mol. The third-order valence-electron chi connectivity index (χ3n) is 3.53. The Balaban J connectivity index is 1.88. The number of urea groups is 1. The summed E-state index contributed by atoms with van der Waals surface area (Å²) in [5, 5.41) is 11.6. The molecule has 1 aromatic heterocycles. The first kappa shape index (κ1) is 17.4. The molecule has 0 bridgehead atoms. The SMILES string of the molecule is COC(C)(C)C[C@H](C)NC(=O)Nc1ccc(-c2csnn2)cc1. The van der Waals surface area contributed by atoms with Crippen molar-refractivity contribution in [3.63, 3.8) is 0 Å². The number of ether oxygens (including phenoxy) is 1. The largest absolute Gasteiger partial charge is 0.379 e. The van der Waals surface area contributed by atoms with Gasteiger partial charge in [0.2, 0.25) is 0 Å². The molecular formula is C16H22N4O2S. The van der Waals surface area contributed by atoms with Crippen molar-refractivity contribution in [1.29, 1.82) is 0 Å². The number of rotatable bonds is 6. The number of nitrogens with one attached hydrogen (secondary N) is 2. The fraction of sp³-hybridized carbons (Fsp3) is 0.438. The van der Waals surface area contributed by atoms with Gasteiger partial charge in [-0.25, -0.2) is 4.79 Å². The molecule has 0 aliphatic rings. The fourth-order valence-electron chi connectivity index (χ4n) is 2.28. The third-order valence-corrected chi connectivity index (χ3v) is 4.03. The monoisotopic (exact) mass is 334 g/mol. The van der Waals surface area contributed by atoms with Crippen molar-refractivity contribution >= 4 is 23.3 Å². The molecule has 2 amide bonds. The van der Waals surface area contributed by atoms with Crippen LogP contribution >= 0.6 is 11.5 Å². The lowest BCUT2D eigenvalue weighted by atomic mass is 10.00. The summed E-state index contributed by atoms with van der Waals surface area (Å²) in [6.45, 7) is 5.95. The Labute approximate surface area is 140 Å². The van der Waals surface area contributed by atoms with Gasteiger partial charge in [0.1, 0.15) is 5.69 Å². The van der Waals surface area contributed by atoms with Gasteiger partial charge in [0.15, 0.2) is 0 Å². The summed E-state index contributed by atoms with van der Waals surface area (Å²) < 4.78 is 9.21. The molecule has 0 spiro atoms. The normalized spacial score (nSPS) is 12.7. The first-order valence-electron chi connectivity index (χ1n) is 7.40. The number of amides is 2. The average Bonchev–Trinajstić information content (AvgIpc) is 3.01. The Morgan fingerprint density at radius 3 is 2.61 bits per heavy atom. The zero-order valence-electron chi connectivity index (χ0n) is 13.8. The Morgan fingerprint density at radius 1 is 1.35 bits per heavy atom. The van der Waals surface area contributed by atoms with E-state index in [1.54, 1.807) is 7.11 Å². The van der Waals surface area contributed by atoms with E-state index < -0.39 is 0 Å². The number of hydrogen-bond acceptors (Lipinski definition) is 5. The Morgan fingerprint density at radius 2 is 2.04 bits per heavy atom. The van der Waals surface area contributed by atoms with Gasteiger partial charge in [0.05, 0.1) is 5.60 Å². The summed E-state index contributed by atoms with van der Waals surface area (Å²) in [4.78, 5) is 12.0. The van der Waals surface area contributed by atoms with Crippen LogP contribution in [0.1, 0.15) is 27.2 Å². The molecule has 1 heterocycles. The first-order chi connectivity index (χ1) is 10.9. The van der Waals surface area contributed by atoms with Gasteiger partial charge in [-0.2, -0.15) is 0 Å². The molecule has 0 radical (unpaired) electrons. The van der Waals surface area contributed by atoms with Gasteiger partial charge >= 0.3 is 6.03 Å². The molecule has 2 N–H and O–H groups in total. The second kappa shape index (κ2) is 7.52. The summed E-state index contributed by atoms with van der Waals surface area (Å²) in [6, 6.07) is 7.28. The highest BCUT2D eigenvalue weighted by molar-refractivity contribution is 7.03. The van der Waals surface area contributed by atoms with Crippen LogP contribution in [0.15, 0.2) is 29.6 Å². The van der Waals surface area contributed by atoms with Crippen LogP contribution in [0, 0.1) is 0 Å². The van der Waals surface area contributed by atoms with Crippen molar-refractivity contribution in [3.8, 4) is 11.3 Å². The van der Waals surface area contributed by atoms with Gasteiger partial charge in [-0.05, 0) is 50.9 Å². The minimum atomic E-state index is -0.268. The van der Waals surface area contributed by atoms with Crippen LogP contribution < -0.4 is 10.6 Å². The van der Waals surface area contributed by atoms with E-state index in [0.717, 1.165) is 23.4 Å². The number of benzene rings is 1. The molecule has 23 heavy (non-hydrogen) atoms. The molecule has 7 heteroatoms. The van der Waals surface area contributed by atoms with Crippen LogP contribution in [0.5, 0.6) is 0 Å². The lowest BCUT2D eigenvalue weighted by Crippen LogP contribution is -2.40. The van der Waals surface area contributed by atoms with E-state index in [1.165, 1.54) is 11.5 Å². The van der Waals surface area contributed by atoms with Crippen LogP contribution in [-0.2, 0) is 4.74 Å². The second-order valence-electron chi connectivity index (χ2n) is 6.03. The molecule has 0 unspecified atom stereocenters. The molecule has 2 rings (SSSR count). The zero-order valence-corrected chi connectivity index (χ0v) is 14.6. The maximum atomic E-state index is 12.0. The smallest absolute Gasteiger partial charge is 0.319 e. The quantitative estimate of drug-likeness (QED) is 0.847. The van der Waals surface area contributed by atoms with E-state index in [-0.39, 0.29) is 17.7 Å². The van der Waals surface area contributed by atoms with Crippen molar-refractivity contribution in [2.24, 2.45) is 0 Å². The Hall–Kier alpha value is -1.99. The predicted octanol–water partition coefficient (Wildman–Crippen LogP) is 3.53. The highest BCUT2D eigenvalue weighted by Gasteiger charge is 2.21. The maximum absolute atomic E-state index is 12.0. The third kappa shape index (κ3) is 5.30. The molecule has 124 valence electrons. The summed E-state index contributed by atoms with van der Waals surface area (Å²) in [6.07, 6.45) is 0.729. The van der Waals surface area contributed by atoms with Crippen molar-refractivity contribution in [2.75, 3.05) is 12.4 Å². The number of carbonyl (C=O) groups is 1. The number of carbonyl (C=O) groups excluding carboxylic acids is 1. The molecule has 6 nitrogen and oxygen atoms in total. The number of methoxy groups -OCH3 is 1. The molecular weight excluding hydrogens is 312 g/mol. The van der Waals surface area contributed by atoms with E-state index >= 15 is 0 Å². The van der Waals surface area contributed by atoms with E-state index in [1.807, 2.05) is 50.4 Å². The van der Waals surface area contributed by atoms with Crippen LogP contribution in [-0.4, -0.2) is 34.4 Å². The first-order valence-corrected chi connectivity index (χ1v) is 8.23. The van der Waals surface area contributed by atoms with E-state index in [4.69, 9.17) is 4.74 Å². The Bertz CT molecular complexity index is 626. The van der Waals surface area contributed by atoms with Crippen LogP contribution in [0.25, 0.3) is 11.3 Å². The topological polar surface area (TPSA) is 76.1 Å². The second-order valence-corrected chi connectivity index (χ2v) is 6.64.